The maximum atomic E-state index is 10.5. The Morgan fingerprint density at radius 3 is 2.13 bits per heavy atom. The molecular formula is C10H8ClNOS2. The molecule has 5 heteroatoms. The predicted molar refractivity (Wildman–Crippen MR) is 68.9 cm³/mol. The summed E-state index contributed by atoms with van der Waals surface area (Å²) >= 11 is 11.4. The van der Waals surface area contributed by atoms with Gasteiger partial charge in [-0.1, -0.05) is 60.4 Å². The molecule has 1 aliphatic heterocycles. The molecule has 1 aromatic carbocycles. The lowest BCUT2D eigenvalue weighted by Crippen LogP contribution is -2.17. The van der Waals surface area contributed by atoms with Gasteiger partial charge in [-0.05, 0) is 12.1 Å². The van der Waals surface area contributed by atoms with E-state index in [1.807, 2.05) is 30.3 Å². The van der Waals surface area contributed by atoms with Crippen molar-refractivity contribution in [2.75, 3.05) is 0 Å². The first-order valence-electron chi connectivity index (χ1n) is 4.02. The number of hydrogen-bond acceptors (Lipinski definition) is 3. The van der Waals surface area contributed by atoms with E-state index in [0.29, 0.717) is 9.23 Å². The van der Waals surface area contributed by atoms with Crippen LogP contribution in [0.25, 0.3) is 0 Å². The van der Waals surface area contributed by atoms with Crippen LogP contribution in [0.2, 0.25) is 5.02 Å². The van der Waals surface area contributed by atoms with Crippen molar-refractivity contribution in [2.24, 2.45) is 0 Å². The summed E-state index contributed by atoms with van der Waals surface area (Å²) in [6.45, 7) is 3.45. The molecule has 0 spiro atoms. The highest BCUT2D eigenvalue weighted by Crippen LogP contribution is 2.20. The summed E-state index contributed by atoms with van der Waals surface area (Å²) < 4.78 is 0.500. The average Bonchev–Trinajstić information content (AvgIpc) is 2.46. The number of nitrogens with one attached hydrogen (secondary N) is 1. The predicted octanol–water partition coefficient (Wildman–Crippen LogP) is 2.99. The zero-order chi connectivity index (χ0) is 11.3. The summed E-state index contributed by atoms with van der Waals surface area (Å²) in [6.07, 6.45) is 0. The van der Waals surface area contributed by atoms with Gasteiger partial charge in [0.15, 0.2) is 0 Å². The fourth-order valence-electron chi connectivity index (χ4n) is 0.761. The number of rotatable bonds is 0. The van der Waals surface area contributed by atoms with E-state index in [1.54, 1.807) is 0 Å². The van der Waals surface area contributed by atoms with Crippen molar-refractivity contribution in [1.82, 2.24) is 5.32 Å². The molecule has 1 aromatic rings. The van der Waals surface area contributed by atoms with Crippen LogP contribution in [0, 0.1) is 0 Å². The number of benzene rings is 1. The number of halogens is 1. The van der Waals surface area contributed by atoms with Gasteiger partial charge in [0.05, 0.1) is 4.91 Å². The molecule has 1 fully saturated rings. The van der Waals surface area contributed by atoms with Crippen LogP contribution in [0.5, 0.6) is 0 Å². The van der Waals surface area contributed by atoms with Crippen LogP contribution in [-0.4, -0.2) is 10.2 Å². The number of thiocarbonyl (C=S) groups is 1. The monoisotopic (exact) mass is 257 g/mol. The molecule has 0 unspecified atom stereocenters. The van der Waals surface area contributed by atoms with E-state index in [-0.39, 0.29) is 5.91 Å². The molecule has 0 aromatic heterocycles. The Morgan fingerprint density at radius 1 is 1.33 bits per heavy atom. The number of carbonyl (C=O) groups excluding carboxylic acids is 1. The quantitative estimate of drug-likeness (QED) is 0.572. The zero-order valence-corrected chi connectivity index (χ0v) is 10.1. The van der Waals surface area contributed by atoms with E-state index < -0.39 is 0 Å². The zero-order valence-electron chi connectivity index (χ0n) is 7.70. The standard InChI is InChI=1S/C6H5Cl.C4H3NOS2/c7-6-4-2-1-3-5-6;1-2-3(6)5-4(7)8-2/h1-5H;1H2,(H,5,6,7). The normalized spacial score (nSPS) is 14.3. The van der Waals surface area contributed by atoms with Crippen molar-refractivity contribution in [3.8, 4) is 0 Å². The van der Waals surface area contributed by atoms with Gasteiger partial charge in [-0.2, -0.15) is 0 Å². The molecule has 2 nitrogen and oxygen atoms in total. The third-order valence-electron chi connectivity index (χ3n) is 1.42. The molecule has 78 valence electrons. The van der Waals surface area contributed by atoms with Gasteiger partial charge in [0.1, 0.15) is 4.32 Å². The summed E-state index contributed by atoms with van der Waals surface area (Å²) in [5, 5.41) is 3.22. The average molecular weight is 258 g/mol. The lowest BCUT2D eigenvalue weighted by Gasteiger charge is -1.81. The van der Waals surface area contributed by atoms with Gasteiger partial charge >= 0.3 is 0 Å². The topological polar surface area (TPSA) is 29.1 Å². The van der Waals surface area contributed by atoms with E-state index in [2.05, 4.69) is 24.1 Å². The highest BCUT2D eigenvalue weighted by Gasteiger charge is 2.18. The van der Waals surface area contributed by atoms with Crippen molar-refractivity contribution < 1.29 is 4.79 Å². The van der Waals surface area contributed by atoms with Crippen LogP contribution < -0.4 is 5.32 Å². The van der Waals surface area contributed by atoms with Crippen molar-refractivity contribution in [3.63, 3.8) is 0 Å². The van der Waals surface area contributed by atoms with Crippen LogP contribution in [0.3, 0.4) is 0 Å². The second-order valence-electron chi connectivity index (χ2n) is 2.56. The lowest BCUT2D eigenvalue weighted by molar-refractivity contribution is -0.115. The smallest absolute Gasteiger partial charge is 0.262 e. The number of thioether (sulfide) groups is 1. The highest BCUT2D eigenvalue weighted by atomic mass is 35.5. The summed E-state index contributed by atoms with van der Waals surface area (Å²) in [5.74, 6) is -0.167. The maximum Gasteiger partial charge on any atom is 0.262 e. The van der Waals surface area contributed by atoms with Gasteiger partial charge in [0.25, 0.3) is 5.91 Å². The Kier molecular flexibility index (Phi) is 4.81. The van der Waals surface area contributed by atoms with Crippen molar-refractivity contribution in [3.05, 3.63) is 46.8 Å². The third-order valence-corrected chi connectivity index (χ3v) is 2.74. The first-order chi connectivity index (χ1) is 7.09. The van der Waals surface area contributed by atoms with Crippen LogP contribution in [-0.2, 0) is 4.79 Å². The van der Waals surface area contributed by atoms with Gasteiger partial charge in [-0.3, -0.25) is 4.79 Å². The molecule has 0 bridgehead atoms. The number of hydrogen-bond donors (Lipinski definition) is 1. The molecule has 0 saturated carbocycles. The Hall–Kier alpha value is -0.840. The van der Waals surface area contributed by atoms with E-state index in [9.17, 15) is 4.79 Å². The summed E-state index contributed by atoms with van der Waals surface area (Å²) in [7, 11) is 0. The summed E-state index contributed by atoms with van der Waals surface area (Å²) in [6, 6.07) is 9.44. The molecule has 1 amide bonds. The van der Waals surface area contributed by atoms with Gasteiger partial charge in [-0.25, -0.2) is 0 Å². The molecule has 0 radical (unpaired) electrons. The maximum absolute atomic E-state index is 10.5. The molecule has 2 rings (SSSR count). The summed E-state index contributed by atoms with van der Waals surface area (Å²) in [5.41, 5.74) is 0. The fraction of sp³-hybridized carbons (Fsp3) is 0. The van der Waals surface area contributed by atoms with Gasteiger partial charge in [0.2, 0.25) is 0 Å². The van der Waals surface area contributed by atoms with Crippen LogP contribution in [0.4, 0.5) is 0 Å². The Bertz CT molecular complexity index is 374. The minimum absolute atomic E-state index is 0.167. The van der Waals surface area contributed by atoms with Crippen LogP contribution in [0.1, 0.15) is 0 Å². The van der Waals surface area contributed by atoms with Crippen molar-refractivity contribution in [1.29, 1.82) is 0 Å². The SMILES string of the molecule is C=C1SC(=S)NC1=O.Clc1ccccc1. The van der Waals surface area contributed by atoms with E-state index >= 15 is 0 Å². The summed E-state index contributed by atoms with van der Waals surface area (Å²) in [4.78, 5) is 10.9. The van der Waals surface area contributed by atoms with Crippen LogP contribution in [0.15, 0.2) is 41.8 Å². The number of amides is 1. The van der Waals surface area contributed by atoms with Crippen molar-refractivity contribution in [2.45, 2.75) is 0 Å². The van der Waals surface area contributed by atoms with E-state index in [4.69, 9.17) is 11.6 Å². The first kappa shape index (κ1) is 12.2. The Balaban J connectivity index is 0.000000151. The molecule has 1 heterocycles. The molecule has 15 heavy (non-hydrogen) atoms. The minimum atomic E-state index is -0.167. The lowest BCUT2D eigenvalue weighted by atomic mass is 10.4. The van der Waals surface area contributed by atoms with E-state index in [1.165, 1.54) is 11.8 Å². The molecule has 0 aliphatic carbocycles. The molecule has 1 aliphatic rings. The Labute approximate surface area is 103 Å². The fourth-order valence-corrected chi connectivity index (χ4v) is 1.81. The van der Waals surface area contributed by atoms with Crippen LogP contribution >= 0.6 is 35.6 Å². The minimum Gasteiger partial charge on any atom is -0.307 e. The van der Waals surface area contributed by atoms with Gasteiger partial charge in [-0.15, -0.1) is 0 Å². The second-order valence-corrected chi connectivity index (χ2v) is 4.77. The largest absolute Gasteiger partial charge is 0.307 e. The number of carbonyl (C=O) groups is 1. The van der Waals surface area contributed by atoms with Gasteiger partial charge in [0, 0.05) is 5.02 Å². The first-order valence-corrected chi connectivity index (χ1v) is 5.62. The molecule has 1 N–H and O–H groups in total. The molecule has 1 saturated heterocycles. The van der Waals surface area contributed by atoms with Gasteiger partial charge < -0.3 is 5.32 Å². The van der Waals surface area contributed by atoms with E-state index in [0.717, 1.165) is 5.02 Å². The third kappa shape index (κ3) is 4.46. The Morgan fingerprint density at radius 2 is 1.93 bits per heavy atom. The van der Waals surface area contributed by atoms with Crippen molar-refractivity contribution >= 4 is 45.8 Å². The second kappa shape index (κ2) is 5.90. The molecule has 0 atom stereocenters. The molecular weight excluding hydrogens is 250 g/mol. The highest BCUT2D eigenvalue weighted by molar-refractivity contribution is 8.26.